The zero-order chi connectivity index (χ0) is 16.8. The van der Waals surface area contributed by atoms with Crippen LogP contribution in [-0.4, -0.2) is 66.8 Å². The number of carbonyl (C=O) groups excluding carboxylic acids is 1. The summed E-state index contributed by atoms with van der Waals surface area (Å²) in [7, 11) is 0.834. The normalized spacial score (nSPS) is 11.6. The van der Waals surface area contributed by atoms with E-state index in [1.165, 1.54) is 13.1 Å². The maximum absolute atomic E-state index is 12.5. The summed E-state index contributed by atoms with van der Waals surface area (Å²) in [5.41, 5.74) is 0. The van der Waals surface area contributed by atoms with Gasteiger partial charge in [-0.05, 0) is 29.0 Å². The summed E-state index contributed by atoms with van der Waals surface area (Å²) in [6, 6.07) is 1.52. The first kappa shape index (κ1) is 19.5. The Balaban J connectivity index is 3.01. The van der Waals surface area contributed by atoms with Crippen LogP contribution in [0.15, 0.2) is 14.7 Å². The molecular weight excluding hydrogens is 396 g/mol. The highest BCUT2D eigenvalue weighted by Gasteiger charge is 2.24. The van der Waals surface area contributed by atoms with E-state index in [2.05, 4.69) is 20.7 Å². The standard InChI is InChI=1S/C12H19BrN2O5S2/c1-14-22(17,18)12-9(13)8-10(21-12)11(16)15(4-6-19-2)5-7-20-3/h8,14H,4-7H2,1-3H3. The number of hydrogen-bond acceptors (Lipinski definition) is 6. The molecule has 0 radical (unpaired) electrons. The van der Waals surface area contributed by atoms with Gasteiger partial charge in [-0.3, -0.25) is 4.79 Å². The summed E-state index contributed by atoms with van der Waals surface area (Å²) in [6.45, 7) is 1.60. The van der Waals surface area contributed by atoms with Crippen molar-refractivity contribution >= 4 is 43.2 Å². The van der Waals surface area contributed by atoms with Gasteiger partial charge in [-0.25, -0.2) is 13.1 Å². The molecule has 0 aliphatic rings. The number of methoxy groups -OCH3 is 2. The van der Waals surface area contributed by atoms with Crippen molar-refractivity contribution in [2.75, 3.05) is 47.6 Å². The number of nitrogens with one attached hydrogen (secondary N) is 1. The largest absolute Gasteiger partial charge is 0.383 e. The Morgan fingerprint density at radius 1 is 1.32 bits per heavy atom. The second kappa shape index (κ2) is 8.94. The van der Waals surface area contributed by atoms with Gasteiger partial charge in [0.1, 0.15) is 4.21 Å². The smallest absolute Gasteiger partial charge is 0.264 e. The van der Waals surface area contributed by atoms with Crippen LogP contribution in [0.1, 0.15) is 9.67 Å². The monoisotopic (exact) mass is 414 g/mol. The van der Waals surface area contributed by atoms with Gasteiger partial charge < -0.3 is 14.4 Å². The minimum absolute atomic E-state index is 0.0804. The van der Waals surface area contributed by atoms with Crippen LogP contribution in [0.5, 0.6) is 0 Å². The molecule has 1 aromatic heterocycles. The summed E-state index contributed by atoms with van der Waals surface area (Å²) >= 11 is 4.11. The van der Waals surface area contributed by atoms with Gasteiger partial charge in [0, 0.05) is 31.8 Å². The van der Waals surface area contributed by atoms with Crippen LogP contribution in [-0.2, 0) is 19.5 Å². The van der Waals surface area contributed by atoms with Crippen LogP contribution in [0.3, 0.4) is 0 Å². The quantitative estimate of drug-likeness (QED) is 0.654. The lowest BCUT2D eigenvalue weighted by Crippen LogP contribution is -2.36. The maximum atomic E-state index is 12.5. The number of nitrogens with zero attached hydrogens (tertiary/aromatic N) is 1. The molecule has 10 heteroatoms. The van der Waals surface area contributed by atoms with Crippen LogP contribution >= 0.6 is 27.3 Å². The van der Waals surface area contributed by atoms with Crippen molar-refractivity contribution in [3.8, 4) is 0 Å². The van der Waals surface area contributed by atoms with E-state index in [1.807, 2.05) is 0 Å². The molecule has 0 saturated heterocycles. The Morgan fingerprint density at radius 3 is 2.32 bits per heavy atom. The van der Waals surface area contributed by atoms with Gasteiger partial charge in [0.2, 0.25) is 0 Å². The van der Waals surface area contributed by atoms with Gasteiger partial charge in [-0.1, -0.05) is 0 Å². The Morgan fingerprint density at radius 2 is 1.86 bits per heavy atom. The number of sulfonamides is 1. The van der Waals surface area contributed by atoms with Crippen molar-refractivity contribution in [3.63, 3.8) is 0 Å². The third kappa shape index (κ3) is 5.00. The molecule has 0 aliphatic heterocycles. The average molecular weight is 415 g/mol. The molecule has 1 heterocycles. The maximum Gasteiger partial charge on any atom is 0.264 e. The van der Waals surface area contributed by atoms with E-state index >= 15 is 0 Å². The number of halogens is 1. The van der Waals surface area contributed by atoms with Crippen molar-refractivity contribution in [1.82, 2.24) is 9.62 Å². The Bertz CT molecular complexity index is 595. The fourth-order valence-corrected chi connectivity index (χ4v) is 5.08. The summed E-state index contributed by atoms with van der Waals surface area (Å²) < 4.78 is 36.4. The molecule has 1 rings (SSSR count). The molecule has 0 aliphatic carbocycles. The molecule has 0 spiro atoms. The van der Waals surface area contributed by atoms with Gasteiger partial charge in [-0.15, -0.1) is 11.3 Å². The number of thiophene rings is 1. The van der Waals surface area contributed by atoms with Crippen molar-refractivity contribution in [2.24, 2.45) is 0 Å². The lowest BCUT2D eigenvalue weighted by atomic mass is 10.4. The molecule has 0 bridgehead atoms. The minimum Gasteiger partial charge on any atom is -0.383 e. The highest BCUT2D eigenvalue weighted by Crippen LogP contribution is 2.32. The van der Waals surface area contributed by atoms with Crippen molar-refractivity contribution < 1.29 is 22.7 Å². The number of amides is 1. The summed E-state index contributed by atoms with van der Waals surface area (Å²) in [5, 5.41) is 0. The summed E-state index contributed by atoms with van der Waals surface area (Å²) in [6.07, 6.45) is 0. The second-order valence-electron chi connectivity index (χ2n) is 4.23. The number of hydrogen-bond donors (Lipinski definition) is 1. The van der Waals surface area contributed by atoms with Crippen LogP contribution in [0, 0.1) is 0 Å². The Hall–Kier alpha value is -0.520. The van der Waals surface area contributed by atoms with Crippen LogP contribution < -0.4 is 4.72 Å². The predicted molar refractivity (Wildman–Crippen MR) is 87.9 cm³/mol. The fraction of sp³-hybridized carbons (Fsp3) is 0.583. The van der Waals surface area contributed by atoms with Crippen LogP contribution in [0.4, 0.5) is 0 Å². The van der Waals surface area contributed by atoms with Crippen LogP contribution in [0.2, 0.25) is 0 Å². The van der Waals surface area contributed by atoms with Gasteiger partial charge >= 0.3 is 0 Å². The minimum atomic E-state index is -3.60. The first-order valence-electron chi connectivity index (χ1n) is 6.37. The fourth-order valence-electron chi connectivity index (χ4n) is 1.61. The van der Waals surface area contributed by atoms with E-state index in [9.17, 15) is 13.2 Å². The van der Waals surface area contributed by atoms with E-state index in [0.717, 1.165) is 11.3 Å². The average Bonchev–Trinajstić information content (AvgIpc) is 2.89. The van der Waals surface area contributed by atoms with E-state index in [4.69, 9.17) is 9.47 Å². The first-order chi connectivity index (χ1) is 10.4. The van der Waals surface area contributed by atoms with Gasteiger partial charge in [-0.2, -0.15) is 0 Å². The molecule has 0 unspecified atom stereocenters. The van der Waals surface area contributed by atoms with E-state index in [1.54, 1.807) is 19.1 Å². The van der Waals surface area contributed by atoms with Gasteiger partial charge in [0.15, 0.2) is 0 Å². The van der Waals surface area contributed by atoms with Gasteiger partial charge in [0.05, 0.1) is 18.1 Å². The lowest BCUT2D eigenvalue weighted by molar-refractivity contribution is 0.0632. The van der Waals surface area contributed by atoms with E-state index < -0.39 is 10.0 Å². The molecule has 0 atom stereocenters. The molecule has 0 saturated carbocycles. The Labute approximate surface area is 142 Å². The lowest BCUT2D eigenvalue weighted by Gasteiger charge is -2.21. The Kier molecular flexibility index (Phi) is 7.94. The molecule has 0 fully saturated rings. The SMILES string of the molecule is CNS(=O)(=O)c1sc(C(=O)N(CCOC)CCOC)cc1Br. The topological polar surface area (TPSA) is 84.9 Å². The highest BCUT2D eigenvalue weighted by atomic mass is 79.9. The number of ether oxygens (including phenoxy) is 2. The van der Waals surface area contributed by atoms with Crippen molar-refractivity contribution in [1.29, 1.82) is 0 Å². The van der Waals surface area contributed by atoms with Crippen molar-refractivity contribution in [2.45, 2.75) is 4.21 Å². The third-order valence-corrected chi connectivity index (χ3v) is 7.02. The predicted octanol–water partition coefficient (Wildman–Crippen LogP) is 1.15. The van der Waals surface area contributed by atoms with Crippen molar-refractivity contribution in [3.05, 3.63) is 15.4 Å². The molecule has 7 nitrogen and oxygen atoms in total. The molecule has 1 N–H and O–H groups in total. The summed E-state index contributed by atoms with van der Waals surface area (Å²) in [5.74, 6) is -0.252. The molecule has 0 aromatic carbocycles. The molecule has 126 valence electrons. The zero-order valence-electron chi connectivity index (χ0n) is 12.6. The zero-order valence-corrected chi connectivity index (χ0v) is 15.8. The summed E-state index contributed by atoms with van der Waals surface area (Å²) in [4.78, 5) is 14.4. The number of carbonyl (C=O) groups is 1. The second-order valence-corrected chi connectivity index (χ2v) is 8.22. The van der Waals surface area contributed by atoms with E-state index in [0.29, 0.717) is 35.7 Å². The van der Waals surface area contributed by atoms with Gasteiger partial charge in [0.25, 0.3) is 15.9 Å². The van der Waals surface area contributed by atoms with Crippen LogP contribution in [0.25, 0.3) is 0 Å². The molecular formula is C12H19BrN2O5S2. The van der Waals surface area contributed by atoms with E-state index in [-0.39, 0.29) is 10.1 Å². The highest BCUT2D eigenvalue weighted by molar-refractivity contribution is 9.10. The third-order valence-electron chi connectivity index (χ3n) is 2.80. The molecule has 1 amide bonds. The first-order valence-corrected chi connectivity index (χ1v) is 9.46. The number of rotatable bonds is 9. The molecule has 22 heavy (non-hydrogen) atoms. The molecule has 1 aromatic rings.